The van der Waals surface area contributed by atoms with Gasteiger partial charge in [-0.2, -0.15) is 0 Å². The highest BCUT2D eigenvalue weighted by Gasteiger charge is 2.52. The van der Waals surface area contributed by atoms with Gasteiger partial charge < -0.3 is 4.74 Å². The molecule has 1 heterocycles. The van der Waals surface area contributed by atoms with Crippen molar-refractivity contribution in [1.29, 1.82) is 0 Å². The maximum absolute atomic E-state index is 5.63. The lowest BCUT2D eigenvalue weighted by atomic mass is 10.4. The minimum absolute atomic E-state index is 0.213. The van der Waals surface area contributed by atoms with Crippen molar-refractivity contribution >= 4 is 58.0 Å². The highest BCUT2D eigenvalue weighted by atomic mass is 35.5. The molecule has 1 atom stereocenters. The molecule has 1 rings (SSSR count). The zero-order valence-corrected chi connectivity index (χ0v) is 8.36. The number of hydrogen-bond acceptors (Lipinski definition) is 1. The molecule has 1 aliphatic heterocycles. The maximum Gasteiger partial charge on any atom is 0.236 e. The molecule has 1 aliphatic rings. The van der Waals surface area contributed by atoms with Crippen LogP contribution in [0.4, 0.5) is 0 Å². The predicted octanol–water partition coefficient (Wildman–Crippen LogP) is 3.28. The van der Waals surface area contributed by atoms with Gasteiger partial charge in [0.2, 0.25) is 9.04 Å². The average Bonchev–Trinajstić information content (AvgIpc) is 1.73. The van der Waals surface area contributed by atoms with Crippen LogP contribution < -0.4 is 0 Å². The molecule has 0 amide bonds. The van der Waals surface area contributed by atoms with Gasteiger partial charge in [0.25, 0.3) is 0 Å². The van der Waals surface area contributed by atoms with Crippen LogP contribution in [0.15, 0.2) is 0 Å². The van der Waals surface area contributed by atoms with Gasteiger partial charge in [-0.05, 0) is 0 Å². The van der Waals surface area contributed by atoms with E-state index in [2.05, 4.69) is 0 Å². The van der Waals surface area contributed by atoms with Gasteiger partial charge in [-0.25, -0.2) is 0 Å². The second kappa shape index (κ2) is 2.72. The van der Waals surface area contributed by atoms with E-state index in [0.29, 0.717) is 0 Å². The van der Waals surface area contributed by atoms with Crippen molar-refractivity contribution in [3.63, 3.8) is 0 Å². The number of rotatable bonds is 0. The second-order valence-corrected chi connectivity index (χ2v) is 5.23. The Balaban J connectivity index is 2.71. The van der Waals surface area contributed by atoms with Crippen molar-refractivity contribution in [2.75, 3.05) is 0 Å². The molecule has 0 N–H and O–H groups in total. The SMILES string of the molecule is ClC1CC(Cl)(Cl)OC1(Cl)Cl. The summed E-state index contributed by atoms with van der Waals surface area (Å²) in [7, 11) is 0. The maximum atomic E-state index is 5.63. The second-order valence-electron chi connectivity index (χ2n) is 1.97. The van der Waals surface area contributed by atoms with Crippen LogP contribution in [0.2, 0.25) is 0 Å². The fourth-order valence-corrected chi connectivity index (χ4v) is 2.18. The minimum atomic E-state index is -1.47. The summed E-state index contributed by atoms with van der Waals surface area (Å²) < 4.78 is 1.96. The molecule has 10 heavy (non-hydrogen) atoms. The van der Waals surface area contributed by atoms with Crippen molar-refractivity contribution in [3.8, 4) is 0 Å². The van der Waals surface area contributed by atoms with E-state index in [1.807, 2.05) is 0 Å². The first-order valence-electron chi connectivity index (χ1n) is 2.43. The number of hydrogen-bond donors (Lipinski definition) is 0. The first kappa shape index (κ1) is 9.50. The highest BCUT2D eigenvalue weighted by Crippen LogP contribution is 2.50. The zero-order chi connectivity index (χ0) is 7.99. The van der Waals surface area contributed by atoms with Gasteiger partial charge in [0.15, 0.2) is 0 Å². The van der Waals surface area contributed by atoms with Crippen LogP contribution in [0.3, 0.4) is 0 Å². The highest BCUT2D eigenvalue weighted by molar-refractivity contribution is 6.54. The van der Waals surface area contributed by atoms with E-state index in [4.69, 9.17) is 62.7 Å². The van der Waals surface area contributed by atoms with E-state index in [1.54, 1.807) is 0 Å². The summed E-state index contributed by atoms with van der Waals surface area (Å²) in [6.45, 7) is 0. The minimum Gasteiger partial charge on any atom is -0.309 e. The molecular weight excluding hydrogens is 241 g/mol. The van der Waals surface area contributed by atoms with Crippen LogP contribution in [0, 0.1) is 0 Å². The smallest absolute Gasteiger partial charge is 0.236 e. The van der Waals surface area contributed by atoms with Gasteiger partial charge in [0, 0.05) is 6.42 Å². The Morgan fingerprint density at radius 2 is 1.70 bits per heavy atom. The standard InChI is InChI=1S/C4H3Cl5O/c5-2-1-3(6,7)10-4(2,8)9/h2H,1H2. The van der Waals surface area contributed by atoms with E-state index >= 15 is 0 Å². The summed E-state index contributed by atoms with van der Waals surface area (Å²) in [4.78, 5) is 0. The van der Waals surface area contributed by atoms with Crippen LogP contribution in [0.25, 0.3) is 0 Å². The van der Waals surface area contributed by atoms with Gasteiger partial charge in [0.05, 0.1) is 5.38 Å². The molecule has 0 aromatic heterocycles. The van der Waals surface area contributed by atoms with Crippen molar-refractivity contribution in [2.45, 2.75) is 20.8 Å². The lowest BCUT2D eigenvalue weighted by molar-refractivity contribution is 0.0887. The number of halogens is 5. The summed E-state index contributed by atoms with van der Waals surface area (Å²) in [5.41, 5.74) is 0. The number of alkyl halides is 5. The largest absolute Gasteiger partial charge is 0.309 e. The predicted molar refractivity (Wildman–Crippen MR) is 44.2 cm³/mol. The van der Waals surface area contributed by atoms with Crippen molar-refractivity contribution in [3.05, 3.63) is 0 Å². The molecule has 0 spiro atoms. The molecule has 0 aromatic carbocycles. The first-order chi connectivity index (χ1) is 4.33. The molecule has 0 saturated carbocycles. The van der Waals surface area contributed by atoms with Crippen LogP contribution in [0.5, 0.6) is 0 Å². The van der Waals surface area contributed by atoms with Gasteiger partial charge >= 0.3 is 0 Å². The molecule has 0 aromatic rings. The third-order valence-corrected chi connectivity index (χ3v) is 2.90. The van der Waals surface area contributed by atoms with E-state index in [1.165, 1.54) is 0 Å². The lowest BCUT2D eigenvalue weighted by Gasteiger charge is -2.16. The first-order valence-corrected chi connectivity index (χ1v) is 4.38. The van der Waals surface area contributed by atoms with E-state index < -0.39 is 14.4 Å². The Morgan fingerprint density at radius 3 is 1.80 bits per heavy atom. The normalized spacial score (nSPS) is 36.3. The molecule has 1 unspecified atom stereocenters. The van der Waals surface area contributed by atoms with Gasteiger partial charge in [-0.15, -0.1) is 11.6 Å². The van der Waals surface area contributed by atoms with E-state index in [-0.39, 0.29) is 6.42 Å². The molecule has 1 saturated heterocycles. The van der Waals surface area contributed by atoms with Gasteiger partial charge in [0.1, 0.15) is 0 Å². The summed E-state index contributed by atoms with van der Waals surface area (Å²) in [5.74, 6) is 0. The third-order valence-electron chi connectivity index (χ3n) is 1.07. The fourth-order valence-electron chi connectivity index (χ4n) is 0.632. The monoisotopic (exact) mass is 242 g/mol. The molecule has 1 fully saturated rings. The molecule has 0 aliphatic carbocycles. The summed E-state index contributed by atoms with van der Waals surface area (Å²) in [6.07, 6.45) is 0.213. The average molecular weight is 244 g/mol. The van der Waals surface area contributed by atoms with Crippen LogP contribution in [0.1, 0.15) is 6.42 Å². The lowest BCUT2D eigenvalue weighted by Crippen LogP contribution is -2.22. The topological polar surface area (TPSA) is 9.23 Å². The Hall–Kier alpha value is 1.41. The Kier molecular flexibility index (Phi) is 2.58. The Bertz CT molecular complexity index is 145. The van der Waals surface area contributed by atoms with E-state index in [9.17, 15) is 0 Å². The van der Waals surface area contributed by atoms with Crippen molar-refractivity contribution in [2.24, 2.45) is 0 Å². The zero-order valence-electron chi connectivity index (χ0n) is 4.58. The van der Waals surface area contributed by atoms with Gasteiger partial charge in [-0.1, -0.05) is 46.4 Å². The van der Waals surface area contributed by atoms with Crippen molar-refractivity contribution in [1.82, 2.24) is 0 Å². The van der Waals surface area contributed by atoms with E-state index in [0.717, 1.165) is 0 Å². The summed E-state index contributed by atoms with van der Waals surface area (Å²) in [5, 5.41) is -0.578. The fraction of sp³-hybridized carbons (Fsp3) is 1.00. The molecule has 60 valence electrons. The quantitative estimate of drug-likeness (QED) is 0.594. The third kappa shape index (κ3) is 1.96. The Morgan fingerprint density at radius 1 is 1.20 bits per heavy atom. The number of ether oxygens (including phenoxy) is 1. The molecule has 1 nitrogen and oxygen atoms in total. The van der Waals surface area contributed by atoms with Gasteiger partial charge in [-0.3, -0.25) is 0 Å². The molecule has 0 radical (unpaired) electrons. The molecular formula is C4H3Cl5O. The molecule has 6 heteroatoms. The molecule has 0 bridgehead atoms. The summed E-state index contributed by atoms with van der Waals surface area (Å²) in [6, 6.07) is 0. The van der Waals surface area contributed by atoms with Crippen LogP contribution in [-0.4, -0.2) is 14.4 Å². The summed E-state index contributed by atoms with van der Waals surface area (Å²) >= 11 is 27.8. The van der Waals surface area contributed by atoms with Crippen LogP contribution >= 0.6 is 58.0 Å². The Labute approximate surface area is 83.5 Å². The van der Waals surface area contributed by atoms with Crippen molar-refractivity contribution < 1.29 is 4.74 Å². The van der Waals surface area contributed by atoms with Crippen LogP contribution in [-0.2, 0) is 4.74 Å².